The summed E-state index contributed by atoms with van der Waals surface area (Å²) >= 11 is 2.96. The van der Waals surface area contributed by atoms with Crippen LogP contribution in [0.4, 0.5) is 0 Å². The van der Waals surface area contributed by atoms with E-state index in [1.54, 1.807) is 11.3 Å². The standard InChI is InChI=1S/C17H18N4OS2/c1-12(16(22)18-10-9-13-6-3-2-4-7-13)24-17-19-15(20-21-17)14-8-5-11-23-14/h2-8,11-12H,9-10H2,1H3,(H,18,22)(H,19,20,21). The third-order valence-corrected chi connectivity index (χ3v) is 5.26. The highest BCUT2D eigenvalue weighted by Crippen LogP contribution is 2.25. The van der Waals surface area contributed by atoms with E-state index in [1.165, 1.54) is 17.3 Å². The van der Waals surface area contributed by atoms with E-state index < -0.39 is 0 Å². The summed E-state index contributed by atoms with van der Waals surface area (Å²) in [5.41, 5.74) is 1.22. The molecule has 1 amide bonds. The van der Waals surface area contributed by atoms with Crippen molar-refractivity contribution >= 4 is 29.0 Å². The van der Waals surface area contributed by atoms with E-state index in [9.17, 15) is 4.79 Å². The lowest BCUT2D eigenvalue weighted by atomic mass is 10.1. The Morgan fingerprint density at radius 1 is 1.29 bits per heavy atom. The number of hydrogen-bond acceptors (Lipinski definition) is 5. The van der Waals surface area contributed by atoms with E-state index in [2.05, 4.69) is 32.6 Å². The molecule has 24 heavy (non-hydrogen) atoms. The molecule has 2 heterocycles. The van der Waals surface area contributed by atoms with Crippen molar-refractivity contribution in [2.45, 2.75) is 23.8 Å². The fraction of sp³-hybridized carbons (Fsp3) is 0.235. The monoisotopic (exact) mass is 358 g/mol. The van der Waals surface area contributed by atoms with Crippen LogP contribution >= 0.6 is 23.1 Å². The van der Waals surface area contributed by atoms with Gasteiger partial charge in [-0.15, -0.1) is 16.4 Å². The molecule has 0 aliphatic heterocycles. The number of rotatable bonds is 7. The molecule has 124 valence electrons. The molecule has 1 atom stereocenters. The van der Waals surface area contributed by atoms with Gasteiger partial charge in [0.15, 0.2) is 5.82 Å². The van der Waals surface area contributed by atoms with Crippen molar-refractivity contribution < 1.29 is 4.79 Å². The lowest BCUT2D eigenvalue weighted by molar-refractivity contribution is -0.120. The van der Waals surface area contributed by atoms with Gasteiger partial charge in [0.25, 0.3) is 0 Å². The highest BCUT2D eigenvalue weighted by molar-refractivity contribution is 8.00. The van der Waals surface area contributed by atoms with Gasteiger partial charge < -0.3 is 5.32 Å². The Bertz CT molecular complexity index is 771. The van der Waals surface area contributed by atoms with Gasteiger partial charge in [-0.2, -0.15) is 0 Å². The van der Waals surface area contributed by atoms with Crippen molar-refractivity contribution in [3.05, 3.63) is 53.4 Å². The fourth-order valence-corrected chi connectivity index (χ4v) is 3.57. The number of amides is 1. The van der Waals surface area contributed by atoms with Gasteiger partial charge in [-0.3, -0.25) is 9.89 Å². The summed E-state index contributed by atoms with van der Waals surface area (Å²) in [7, 11) is 0. The molecule has 0 saturated heterocycles. The number of carbonyl (C=O) groups excluding carboxylic acids is 1. The van der Waals surface area contributed by atoms with Gasteiger partial charge in [0.2, 0.25) is 11.1 Å². The number of nitrogens with one attached hydrogen (secondary N) is 2. The maximum Gasteiger partial charge on any atom is 0.233 e. The van der Waals surface area contributed by atoms with Crippen LogP contribution in [0, 0.1) is 0 Å². The molecule has 0 aliphatic rings. The van der Waals surface area contributed by atoms with Gasteiger partial charge in [-0.05, 0) is 30.4 Å². The zero-order chi connectivity index (χ0) is 16.8. The number of aromatic nitrogens is 3. The zero-order valence-corrected chi connectivity index (χ0v) is 14.9. The number of aromatic amines is 1. The van der Waals surface area contributed by atoms with Crippen molar-refractivity contribution in [2.75, 3.05) is 6.54 Å². The average Bonchev–Trinajstić information content (AvgIpc) is 3.27. The molecule has 0 aliphatic carbocycles. The summed E-state index contributed by atoms with van der Waals surface area (Å²) in [6, 6.07) is 14.1. The SMILES string of the molecule is CC(Sc1n[nH]c(-c2cccs2)n1)C(=O)NCCc1ccccc1. The first kappa shape index (κ1) is 16.7. The van der Waals surface area contributed by atoms with Crippen molar-refractivity contribution in [1.29, 1.82) is 0 Å². The number of thiophene rings is 1. The normalized spacial score (nSPS) is 12.0. The van der Waals surface area contributed by atoms with Crippen LogP contribution in [0.5, 0.6) is 0 Å². The van der Waals surface area contributed by atoms with Crippen molar-refractivity contribution in [3.8, 4) is 10.7 Å². The number of benzene rings is 1. The Kier molecular flexibility index (Phi) is 5.66. The lowest BCUT2D eigenvalue weighted by Crippen LogP contribution is -2.32. The molecule has 0 radical (unpaired) electrons. The summed E-state index contributed by atoms with van der Waals surface area (Å²) in [5.74, 6) is 0.739. The zero-order valence-electron chi connectivity index (χ0n) is 13.2. The minimum absolute atomic E-state index is 0.00148. The molecule has 0 saturated carbocycles. The van der Waals surface area contributed by atoms with Gasteiger partial charge in [0.05, 0.1) is 10.1 Å². The first-order valence-electron chi connectivity index (χ1n) is 7.67. The summed E-state index contributed by atoms with van der Waals surface area (Å²) in [6.07, 6.45) is 0.827. The molecular formula is C17H18N4OS2. The van der Waals surface area contributed by atoms with E-state index in [0.717, 1.165) is 17.1 Å². The van der Waals surface area contributed by atoms with E-state index in [0.29, 0.717) is 11.7 Å². The molecule has 0 fully saturated rings. The molecule has 5 nitrogen and oxygen atoms in total. The maximum absolute atomic E-state index is 12.2. The second kappa shape index (κ2) is 8.12. The Morgan fingerprint density at radius 2 is 2.12 bits per heavy atom. The number of carbonyl (C=O) groups is 1. The number of H-pyrrole nitrogens is 1. The van der Waals surface area contributed by atoms with E-state index in [4.69, 9.17) is 0 Å². The molecular weight excluding hydrogens is 340 g/mol. The van der Waals surface area contributed by atoms with Gasteiger partial charge in [-0.25, -0.2) is 4.98 Å². The third-order valence-electron chi connectivity index (χ3n) is 3.43. The Morgan fingerprint density at radius 3 is 2.88 bits per heavy atom. The Balaban J connectivity index is 1.47. The first-order chi connectivity index (χ1) is 11.7. The first-order valence-corrected chi connectivity index (χ1v) is 9.43. The van der Waals surface area contributed by atoms with Crippen LogP contribution in [0.15, 0.2) is 53.0 Å². The molecule has 7 heteroatoms. The van der Waals surface area contributed by atoms with Crippen molar-refractivity contribution in [2.24, 2.45) is 0 Å². The molecule has 3 rings (SSSR count). The number of thioether (sulfide) groups is 1. The molecule has 0 bridgehead atoms. The van der Waals surface area contributed by atoms with Crippen LogP contribution in [0.2, 0.25) is 0 Å². The number of nitrogens with zero attached hydrogens (tertiary/aromatic N) is 2. The maximum atomic E-state index is 12.2. The highest BCUT2D eigenvalue weighted by atomic mass is 32.2. The molecule has 1 unspecified atom stereocenters. The van der Waals surface area contributed by atoms with Crippen LogP contribution in [0.3, 0.4) is 0 Å². The second-order valence-corrected chi connectivity index (χ2v) is 7.49. The average molecular weight is 358 g/mol. The minimum Gasteiger partial charge on any atom is -0.355 e. The minimum atomic E-state index is -0.243. The predicted octanol–water partition coefficient (Wildman–Crippen LogP) is 3.37. The molecule has 2 aromatic heterocycles. The summed E-state index contributed by atoms with van der Waals surface area (Å²) < 4.78 is 0. The van der Waals surface area contributed by atoms with Crippen LogP contribution in [-0.2, 0) is 11.2 Å². The Hall–Kier alpha value is -2.12. The van der Waals surface area contributed by atoms with Crippen LogP contribution in [0.25, 0.3) is 10.7 Å². The van der Waals surface area contributed by atoms with Crippen LogP contribution < -0.4 is 5.32 Å². The lowest BCUT2D eigenvalue weighted by Gasteiger charge is -2.10. The predicted molar refractivity (Wildman–Crippen MR) is 98.2 cm³/mol. The summed E-state index contributed by atoms with van der Waals surface area (Å²) in [4.78, 5) is 17.6. The van der Waals surface area contributed by atoms with Crippen molar-refractivity contribution in [1.82, 2.24) is 20.5 Å². The van der Waals surface area contributed by atoms with Crippen LogP contribution in [-0.4, -0.2) is 32.9 Å². The van der Waals surface area contributed by atoms with Crippen molar-refractivity contribution in [3.63, 3.8) is 0 Å². The van der Waals surface area contributed by atoms with E-state index in [-0.39, 0.29) is 11.2 Å². The largest absolute Gasteiger partial charge is 0.355 e. The summed E-state index contributed by atoms with van der Waals surface area (Å²) in [6.45, 7) is 2.49. The van der Waals surface area contributed by atoms with E-state index >= 15 is 0 Å². The van der Waals surface area contributed by atoms with Gasteiger partial charge >= 0.3 is 0 Å². The molecule has 1 aromatic carbocycles. The highest BCUT2D eigenvalue weighted by Gasteiger charge is 2.17. The topological polar surface area (TPSA) is 70.7 Å². The smallest absolute Gasteiger partial charge is 0.233 e. The molecule has 0 spiro atoms. The van der Waals surface area contributed by atoms with E-state index in [1.807, 2.05) is 42.6 Å². The second-order valence-electron chi connectivity index (χ2n) is 5.23. The fourth-order valence-electron chi connectivity index (χ4n) is 2.15. The Labute approximate surface area is 148 Å². The van der Waals surface area contributed by atoms with Gasteiger partial charge in [0, 0.05) is 6.54 Å². The molecule has 3 aromatic rings. The molecule has 2 N–H and O–H groups in total. The van der Waals surface area contributed by atoms with Gasteiger partial charge in [0.1, 0.15) is 0 Å². The van der Waals surface area contributed by atoms with Gasteiger partial charge in [-0.1, -0.05) is 48.2 Å². The van der Waals surface area contributed by atoms with Crippen LogP contribution in [0.1, 0.15) is 12.5 Å². The number of hydrogen-bond donors (Lipinski definition) is 2. The quantitative estimate of drug-likeness (QED) is 0.635. The summed E-state index contributed by atoms with van der Waals surface area (Å²) in [5, 5.41) is 12.4. The third kappa shape index (κ3) is 4.46.